The number of benzene rings is 2. The Morgan fingerprint density at radius 3 is 2.59 bits per heavy atom. The van der Waals surface area contributed by atoms with Gasteiger partial charge in [-0.3, -0.25) is 14.6 Å². The zero-order valence-corrected chi connectivity index (χ0v) is 31.9. The van der Waals surface area contributed by atoms with Gasteiger partial charge in [0, 0.05) is 62.3 Å². The minimum Gasteiger partial charge on any atom is -0.490 e. The number of amides is 1. The molecule has 51 heavy (non-hydrogen) atoms. The van der Waals surface area contributed by atoms with Gasteiger partial charge in [0.05, 0.1) is 29.4 Å². The molecular weight excluding hydrogens is 688 g/mol. The number of anilines is 1. The van der Waals surface area contributed by atoms with E-state index >= 15 is 0 Å². The molecule has 2 bridgehead atoms. The van der Waals surface area contributed by atoms with Crippen LogP contribution in [-0.2, 0) is 31.4 Å². The van der Waals surface area contributed by atoms with Crippen LogP contribution < -0.4 is 14.4 Å². The monoisotopic (exact) mass is 740 g/mol. The Kier molecular flexibility index (Phi) is 10.0. The molecule has 2 aliphatic carbocycles. The summed E-state index contributed by atoms with van der Waals surface area (Å²) in [5.74, 6) is -0.0241. The Labute approximate surface area is 308 Å². The summed E-state index contributed by atoms with van der Waals surface area (Å²) in [6.45, 7) is 13.5. The summed E-state index contributed by atoms with van der Waals surface area (Å²) in [5.41, 5.74) is 0.248. The molecule has 2 fully saturated rings. The maximum Gasteiger partial charge on any atom is 0.265 e. The number of carbonyl (C=O) groups is 1. The van der Waals surface area contributed by atoms with Gasteiger partial charge in [0.2, 0.25) is 0 Å². The number of hydrogen-bond acceptors (Lipinski definition) is 9. The molecule has 1 spiro atoms. The van der Waals surface area contributed by atoms with E-state index < -0.39 is 27.1 Å². The van der Waals surface area contributed by atoms with Gasteiger partial charge in [-0.05, 0) is 113 Å². The first kappa shape index (κ1) is 36.7. The van der Waals surface area contributed by atoms with Crippen LogP contribution in [0.2, 0.25) is 5.02 Å². The first-order chi connectivity index (χ1) is 24.2. The first-order valence-corrected chi connectivity index (χ1v) is 20.4. The van der Waals surface area contributed by atoms with Gasteiger partial charge >= 0.3 is 0 Å². The Morgan fingerprint density at radius 1 is 1.08 bits per heavy atom. The van der Waals surface area contributed by atoms with Crippen molar-refractivity contribution in [3.8, 4) is 5.75 Å². The van der Waals surface area contributed by atoms with Crippen LogP contribution in [0, 0.1) is 11.8 Å². The lowest BCUT2D eigenvalue weighted by molar-refractivity contribution is -0.139. The molecule has 5 aliphatic rings. The number of piperazine rings is 1. The lowest BCUT2D eigenvalue weighted by Gasteiger charge is -2.51. The topological polar surface area (TPSA) is 112 Å². The van der Waals surface area contributed by atoms with Crippen molar-refractivity contribution in [2.75, 3.05) is 63.9 Å². The summed E-state index contributed by atoms with van der Waals surface area (Å²) < 4.78 is 42.2. The van der Waals surface area contributed by atoms with Crippen LogP contribution in [0.1, 0.15) is 64.5 Å². The predicted octanol–water partition coefficient (Wildman–Crippen LogP) is 4.77. The Hall–Kier alpha value is -2.67. The Bertz CT molecular complexity index is 1780. The molecule has 0 radical (unpaired) electrons. The number of nitrogens with one attached hydrogen (secondary N) is 1. The van der Waals surface area contributed by atoms with Crippen LogP contribution in [0.15, 0.2) is 53.4 Å². The summed E-state index contributed by atoms with van der Waals surface area (Å²) >= 11 is 6.47. The molecule has 3 aliphatic heterocycles. The highest BCUT2D eigenvalue weighted by Gasteiger charge is 2.49. The van der Waals surface area contributed by atoms with E-state index in [0.717, 1.165) is 63.3 Å². The highest BCUT2D eigenvalue weighted by Crippen LogP contribution is 2.48. The number of fused-ring (bicyclic) bond motifs is 4. The van der Waals surface area contributed by atoms with Crippen LogP contribution >= 0.6 is 11.6 Å². The van der Waals surface area contributed by atoms with Gasteiger partial charge in [0.25, 0.3) is 15.9 Å². The number of halogens is 1. The molecule has 1 amide bonds. The third-order valence-corrected chi connectivity index (χ3v) is 13.7. The molecule has 1 saturated carbocycles. The third kappa shape index (κ3) is 7.31. The average molecular weight is 741 g/mol. The predicted molar refractivity (Wildman–Crippen MR) is 199 cm³/mol. The van der Waals surface area contributed by atoms with E-state index in [1.54, 1.807) is 32.1 Å². The standard InChI is InChI=1S/C39H53ClN4O6S/c1-27(2)43-18-16-42(17-19-43)25-39(46)15-6-20-50-37(3,4)36(45)41-51(47,48)31-10-13-35-34(22-31)44(23-29-8-11-33(29)39)24-38(26-49-35)14-5-7-28-21-30(40)9-12-32(28)38/h6,9-10,12-13,15,21-22,27,29,33,46H,5,7-8,11,14,16-20,23-26H2,1-4H3,(H,41,45)/b15-6-/t29-,33+,38-,39?/m0/s1. The van der Waals surface area contributed by atoms with Crippen molar-refractivity contribution in [3.63, 3.8) is 0 Å². The van der Waals surface area contributed by atoms with Crippen LogP contribution in [0.25, 0.3) is 0 Å². The van der Waals surface area contributed by atoms with Crippen LogP contribution in [0.3, 0.4) is 0 Å². The molecule has 7 rings (SSSR count). The number of β-amino-alcohol motifs (C(OH)–C–C–N with tert-alkyl or cyclic N) is 1. The number of ether oxygens (including phenoxy) is 2. The van der Waals surface area contributed by atoms with Crippen LogP contribution in [0.4, 0.5) is 5.69 Å². The van der Waals surface area contributed by atoms with Crippen molar-refractivity contribution >= 4 is 33.2 Å². The second-order valence-corrected chi connectivity index (χ2v) is 18.4. The first-order valence-electron chi connectivity index (χ1n) is 18.6. The van der Waals surface area contributed by atoms with Crippen molar-refractivity contribution in [1.29, 1.82) is 0 Å². The third-order valence-electron chi connectivity index (χ3n) is 12.2. The number of aryl methyl sites for hydroxylation is 1. The fourth-order valence-electron chi connectivity index (χ4n) is 8.96. The molecule has 10 nitrogen and oxygen atoms in total. The molecule has 1 saturated heterocycles. The van der Waals surface area contributed by atoms with Crippen LogP contribution in [-0.4, -0.2) is 106 Å². The van der Waals surface area contributed by atoms with Gasteiger partial charge in [-0.25, -0.2) is 13.1 Å². The molecule has 2 N–H and O–H groups in total. The second kappa shape index (κ2) is 14.0. The van der Waals surface area contributed by atoms with E-state index in [-0.39, 0.29) is 28.8 Å². The molecule has 4 atom stereocenters. The molecule has 2 aromatic rings. The van der Waals surface area contributed by atoms with Gasteiger partial charge in [0.1, 0.15) is 11.4 Å². The molecule has 278 valence electrons. The van der Waals surface area contributed by atoms with Gasteiger partial charge in [-0.15, -0.1) is 0 Å². The molecule has 2 aromatic carbocycles. The summed E-state index contributed by atoms with van der Waals surface area (Å²) in [4.78, 5) is 20.5. The quantitative estimate of drug-likeness (QED) is 0.431. The molecular formula is C39H53ClN4O6S. The van der Waals surface area contributed by atoms with Crippen LogP contribution in [0.5, 0.6) is 5.75 Å². The normalized spacial score (nSPS) is 31.8. The zero-order valence-electron chi connectivity index (χ0n) is 30.4. The molecule has 1 unspecified atom stereocenters. The largest absolute Gasteiger partial charge is 0.490 e. The maximum absolute atomic E-state index is 13.7. The Balaban J connectivity index is 1.28. The lowest BCUT2D eigenvalue weighted by Crippen LogP contribution is -2.58. The van der Waals surface area contributed by atoms with Crippen molar-refractivity contribution in [1.82, 2.24) is 14.5 Å². The highest BCUT2D eigenvalue weighted by atomic mass is 35.5. The van der Waals surface area contributed by atoms with Gasteiger partial charge < -0.3 is 19.5 Å². The number of rotatable bonds is 3. The number of aliphatic hydroxyl groups is 1. The average Bonchev–Trinajstić information content (AvgIpc) is 3.21. The maximum atomic E-state index is 13.7. The fourth-order valence-corrected chi connectivity index (χ4v) is 10.3. The highest BCUT2D eigenvalue weighted by molar-refractivity contribution is 7.90. The fraction of sp³-hybridized carbons (Fsp3) is 0.615. The van der Waals surface area contributed by atoms with E-state index in [2.05, 4.69) is 45.4 Å². The zero-order chi connectivity index (χ0) is 36.2. The minimum atomic E-state index is -4.23. The van der Waals surface area contributed by atoms with E-state index in [1.807, 2.05) is 12.1 Å². The lowest BCUT2D eigenvalue weighted by atomic mass is 9.63. The smallest absolute Gasteiger partial charge is 0.265 e. The van der Waals surface area contributed by atoms with E-state index in [0.29, 0.717) is 43.7 Å². The summed E-state index contributed by atoms with van der Waals surface area (Å²) in [6, 6.07) is 11.5. The molecule has 3 heterocycles. The van der Waals surface area contributed by atoms with E-state index in [9.17, 15) is 18.3 Å². The number of sulfonamides is 1. The molecule has 0 aromatic heterocycles. The van der Waals surface area contributed by atoms with Gasteiger partial charge in [-0.2, -0.15) is 0 Å². The summed E-state index contributed by atoms with van der Waals surface area (Å²) in [6.07, 6.45) is 8.37. The van der Waals surface area contributed by atoms with Crippen molar-refractivity contribution in [2.45, 2.75) is 87.4 Å². The van der Waals surface area contributed by atoms with Crippen molar-refractivity contribution in [3.05, 3.63) is 64.7 Å². The van der Waals surface area contributed by atoms with Gasteiger partial charge in [-0.1, -0.05) is 29.8 Å². The summed E-state index contributed by atoms with van der Waals surface area (Å²) in [5, 5.41) is 13.4. The number of nitrogens with zero attached hydrogens (tertiary/aromatic N) is 3. The van der Waals surface area contributed by atoms with Crippen molar-refractivity contribution < 1.29 is 27.8 Å². The second-order valence-electron chi connectivity index (χ2n) is 16.2. The van der Waals surface area contributed by atoms with Crippen molar-refractivity contribution in [2.24, 2.45) is 11.8 Å². The number of carbonyl (C=O) groups excluding carboxylic acids is 1. The summed E-state index contributed by atoms with van der Waals surface area (Å²) in [7, 11) is -4.23. The SMILES string of the molecule is CC(C)N1CCN(CC2(O)/C=C\COC(C)(C)C(=O)NS(=O)(=O)c3ccc4c(c3)N(C[C@@H]3CC[C@H]32)C[C@@]2(CCCc3cc(Cl)ccc32)CO4)CC1. The van der Waals surface area contributed by atoms with Gasteiger partial charge in [0.15, 0.2) is 0 Å². The van der Waals surface area contributed by atoms with E-state index in [4.69, 9.17) is 21.1 Å². The minimum absolute atomic E-state index is 0.0139. The molecule has 12 heteroatoms. The van der Waals surface area contributed by atoms with E-state index in [1.165, 1.54) is 17.2 Å². The number of hydrogen-bond donors (Lipinski definition) is 2. The Morgan fingerprint density at radius 2 is 1.86 bits per heavy atom.